The largest absolute Gasteiger partial charge is 0.489 e. The number of nitrogens with zero attached hydrogens (tertiary/aromatic N) is 1. The molecule has 5 heteroatoms. The van der Waals surface area contributed by atoms with Crippen molar-refractivity contribution in [3.63, 3.8) is 0 Å². The van der Waals surface area contributed by atoms with Crippen LogP contribution in [0.3, 0.4) is 0 Å². The monoisotopic (exact) mass is 451 g/mol. The molecule has 1 saturated carbocycles. The Morgan fingerprint density at radius 2 is 2.12 bits per heavy atom. The van der Waals surface area contributed by atoms with E-state index in [1.54, 1.807) is 6.92 Å². The van der Waals surface area contributed by atoms with Gasteiger partial charge in [-0.25, -0.2) is 0 Å². The molecule has 0 spiro atoms. The van der Waals surface area contributed by atoms with E-state index in [0.717, 1.165) is 55.6 Å². The zero-order valence-corrected chi connectivity index (χ0v) is 19.9. The number of fused-ring (bicyclic) bond motifs is 3. The average Bonchev–Trinajstić information content (AvgIpc) is 3.52. The maximum atomic E-state index is 12.4. The van der Waals surface area contributed by atoms with Crippen molar-refractivity contribution in [3.8, 4) is 17.6 Å². The van der Waals surface area contributed by atoms with E-state index in [2.05, 4.69) is 30.0 Å². The fourth-order valence-electron chi connectivity index (χ4n) is 5.54. The van der Waals surface area contributed by atoms with E-state index < -0.39 is 12.2 Å². The molecule has 2 fully saturated rings. The Balaban J connectivity index is 1.41. The van der Waals surface area contributed by atoms with Gasteiger partial charge in [-0.1, -0.05) is 37.3 Å². The van der Waals surface area contributed by atoms with Crippen LogP contribution in [-0.2, 0) is 11.2 Å². The van der Waals surface area contributed by atoms with Crippen LogP contribution in [0.15, 0.2) is 30.4 Å². The zero-order valence-electron chi connectivity index (χ0n) is 19.9. The highest BCUT2D eigenvalue weighted by Gasteiger charge is 2.48. The Hall–Kier alpha value is -2.29. The Kier molecular flexibility index (Phi) is 7.78. The average molecular weight is 452 g/mol. The summed E-state index contributed by atoms with van der Waals surface area (Å²) in [5.41, 5.74) is 2.30. The minimum Gasteiger partial charge on any atom is -0.489 e. The summed E-state index contributed by atoms with van der Waals surface area (Å²) in [7, 11) is 0. The van der Waals surface area contributed by atoms with Gasteiger partial charge in [-0.3, -0.25) is 4.79 Å². The number of likely N-dealkylation sites (tertiary alicyclic amines) is 1. The molecule has 0 unspecified atom stereocenters. The summed E-state index contributed by atoms with van der Waals surface area (Å²) in [5, 5.41) is 21.2. The summed E-state index contributed by atoms with van der Waals surface area (Å²) < 4.78 is 6.36. The Morgan fingerprint density at radius 3 is 2.88 bits per heavy atom. The third-order valence-electron chi connectivity index (χ3n) is 7.50. The molecule has 2 N–H and O–H groups in total. The van der Waals surface area contributed by atoms with Gasteiger partial charge in [0.15, 0.2) is 0 Å². The predicted octanol–water partition coefficient (Wildman–Crippen LogP) is 3.82. The Labute approximate surface area is 197 Å². The van der Waals surface area contributed by atoms with Crippen molar-refractivity contribution in [1.82, 2.24) is 4.90 Å². The molecule has 0 aromatic heterocycles. The van der Waals surface area contributed by atoms with Gasteiger partial charge < -0.3 is 19.8 Å². The van der Waals surface area contributed by atoms with Crippen LogP contribution in [0.2, 0.25) is 0 Å². The van der Waals surface area contributed by atoms with Crippen LogP contribution in [0.5, 0.6) is 5.75 Å². The molecule has 2 heterocycles. The molecule has 6 atom stereocenters. The van der Waals surface area contributed by atoms with Crippen LogP contribution in [-0.4, -0.2) is 52.4 Å². The molecule has 0 bridgehead atoms. The van der Waals surface area contributed by atoms with Crippen molar-refractivity contribution in [2.45, 2.75) is 83.0 Å². The lowest BCUT2D eigenvalue weighted by Crippen LogP contribution is -2.27. The van der Waals surface area contributed by atoms with Crippen molar-refractivity contribution >= 4 is 5.91 Å². The lowest BCUT2D eigenvalue weighted by Gasteiger charge is -2.19. The van der Waals surface area contributed by atoms with E-state index in [-0.39, 0.29) is 29.8 Å². The second-order valence-corrected chi connectivity index (χ2v) is 9.82. The molecule has 1 aliphatic carbocycles. The number of aliphatic hydroxyl groups excluding tert-OH is 2. The van der Waals surface area contributed by atoms with Crippen molar-refractivity contribution < 1.29 is 19.7 Å². The van der Waals surface area contributed by atoms with Crippen LogP contribution >= 0.6 is 0 Å². The van der Waals surface area contributed by atoms with Crippen molar-refractivity contribution in [2.24, 2.45) is 11.8 Å². The molecule has 2 aliphatic heterocycles. The Bertz CT molecular complexity index is 924. The smallest absolute Gasteiger partial charge is 0.222 e. The maximum Gasteiger partial charge on any atom is 0.222 e. The summed E-state index contributed by atoms with van der Waals surface area (Å²) in [6.07, 6.45) is 8.41. The molecule has 4 rings (SSSR count). The highest BCUT2D eigenvalue weighted by molar-refractivity contribution is 5.76. The zero-order chi connectivity index (χ0) is 23.4. The predicted molar refractivity (Wildman–Crippen MR) is 129 cm³/mol. The summed E-state index contributed by atoms with van der Waals surface area (Å²) in [4.78, 5) is 14.4. The van der Waals surface area contributed by atoms with E-state index in [1.165, 1.54) is 0 Å². The molecular weight excluding hydrogens is 414 g/mol. The first kappa shape index (κ1) is 23.9. The first-order chi connectivity index (χ1) is 16.0. The Morgan fingerprint density at radius 1 is 1.33 bits per heavy atom. The molecule has 33 heavy (non-hydrogen) atoms. The van der Waals surface area contributed by atoms with Gasteiger partial charge >= 0.3 is 0 Å². The summed E-state index contributed by atoms with van der Waals surface area (Å²) in [6.45, 7) is 5.61. The van der Waals surface area contributed by atoms with Crippen molar-refractivity contribution in [3.05, 3.63) is 41.5 Å². The highest BCUT2D eigenvalue weighted by atomic mass is 16.5. The van der Waals surface area contributed by atoms with Gasteiger partial charge in [0, 0.05) is 49.8 Å². The van der Waals surface area contributed by atoms with Gasteiger partial charge in [0.25, 0.3) is 0 Å². The van der Waals surface area contributed by atoms with E-state index >= 15 is 0 Å². The van der Waals surface area contributed by atoms with E-state index in [9.17, 15) is 15.0 Å². The van der Waals surface area contributed by atoms with Crippen molar-refractivity contribution in [1.29, 1.82) is 0 Å². The number of benzene rings is 1. The van der Waals surface area contributed by atoms with E-state index in [1.807, 2.05) is 24.0 Å². The molecule has 5 nitrogen and oxygen atoms in total. The lowest BCUT2D eigenvalue weighted by atomic mass is 9.86. The van der Waals surface area contributed by atoms with Gasteiger partial charge in [0.1, 0.15) is 11.9 Å². The number of rotatable bonds is 8. The number of aliphatic hydroxyl groups is 2. The molecule has 0 radical (unpaired) electrons. The SMILES string of the molecule is CC#CC[C@H](C)[C@H](O)C=C[C@@H]1[C@H]2c3cccc(CCCC(=O)N4CCCC4)c3O[C@H]2C[C@H]1O. The second kappa shape index (κ2) is 10.8. The van der Waals surface area contributed by atoms with E-state index in [4.69, 9.17) is 4.74 Å². The maximum absolute atomic E-state index is 12.4. The van der Waals surface area contributed by atoms with Crippen molar-refractivity contribution in [2.75, 3.05) is 13.1 Å². The van der Waals surface area contributed by atoms with Crippen LogP contribution in [0, 0.1) is 23.7 Å². The van der Waals surface area contributed by atoms with Gasteiger partial charge in [-0.2, -0.15) is 0 Å². The molecule has 1 saturated heterocycles. The summed E-state index contributed by atoms with van der Waals surface area (Å²) in [5.74, 6) is 7.17. The minimum absolute atomic E-state index is 0.0439. The van der Waals surface area contributed by atoms with Gasteiger partial charge in [0.05, 0.1) is 12.2 Å². The highest BCUT2D eigenvalue weighted by Crippen LogP contribution is 2.52. The molecule has 3 aliphatic rings. The van der Waals surface area contributed by atoms with Gasteiger partial charge in [-0.05, 0) is 44.1 Å². The van der Waals surface area contributed by atoms with Crippen LogP contribution in [0.25, 0.3) is 0 Å². The molecule has 178 valence electrons. The fraction of sp³-hybridized carbons (Fsp3) is 0.607. The van der Waals surface area contributed by atoms with Crippen LogP contribution in [0.4, 0.5) is 0 Å². The van der Waals surface area contributed by atoms with Crippen LogP contribution < -0.4 is 4.74 Å². The fourth-order valence-corrected chi connectivity index (χ4v) is 5.54. The number of carbonyl (C=O) groups excluding carboxylic acids is 1. The molecule has 1 amide bonds. The number of amides is 1. The van der Waals surface area contributed by atoms with Gasteiger partial charge in [0.2, 0.25) is 5.91 Å². The van der Waals surface area contributed by atoms with E-state index in [0.29, 0.717) is 19.3 Å². The standard InChI is InChI=1S/C28H37NO4/c1-3-4-9-19(2)23(30)15-14-21-24(31)18-25-27(21)22-12-7-10-20(28(22)33-25)11-8-13-26(32)29-16-5-6-17-29/h7,10,12,14-15,19,21,23-25,27,30-31H,5-6,8-9,11,13,16-18H2,1-2H3/t19-,21-,23+,24+,25-,27-/m0/s1. The van der Waals surface area contributed by atoms with Gasteiger partial charge in [-0.15, -0.1) is 11.8 Å². The third kappa shape index (κ3) is 5.28. The number of para-hydroxylation sites is 1. The summed E-state index contributed by atoms with van der Waals surface area (Å²) in [6, 6.07) is 6.27. The molecule has 1 aromatic rings. The number of hydrogen-bond acceptors (Lipinski definition) is 4. The molecular formula is C28H37NO4. The number of aryl methyl sites for hydroxylation is 1. The quantitative estimate of drug-likeness (QED) is 0.466. The number of hydrogen-bond donors (Lipinski definition) is 2. The first-order valence-electron chi connectivity index (χ1n) is 12.5. The number of ether oxygens (including phenoxy) is 1. The minimum atomic E-state index is -0.585. The third-order valence-corrected chi connectivity index (χ3v) is 7.50. The van der Waals surface area contributed by atoms with Crippen LogP contribution in [0.1, 0.15) is 69.4 Å². The number of carbonyl (C=O) groups is 1. The normalized spacial score (nSPS) is 27.6. The molecule has 1 aromatic carbocycles. The summed E-state index contributed by atoms with van der Waals surface area (Å²) >= 11 is 0. The lowest BCUT2D eigenvalue weighted by molar-refractivity contribution is -0.130. The second-order valence-electron chi connectivity index (χ2n) is 9.82. The topological polar surface area (TPSA) is 70.0 Å². The first-order valence-corrected chi connectivity index (χ1v) is 12.5.